The molecule has 1 N–H and O–H groups in total. The van der Waals surface area contributed by atoms with E-state index in [1.54, 1.807) is 0 Å². The Morgan fingerprint density at radius 1 is 1.38 bits per heavy atom. The summed E-state index contributed by atoms with van der Waals surface area (Å²) in [5, 5.41) is 3.13. The molecule has 0 aliphatic heterocycles. The van der Waals surface area contributed by atoms with Crippen molar-refractivity contribution >= 4 is 5.97 Å². The molecule has 13 heavy (non-hydrogen) atoms. The van der Waals surface area contributed by atoms with E-state index in [1.807, 2.05) is 0 Å². The topological polar surface area (TPSA) is 38.3 Å². The number of esters is 1. The molecule has 0 heterocycles. The zero-order valence-corrected chi connectivity index (χ0v) is 8.34. The van der Waals surface area contributed by atoms with Crippen LogP contribution in [0.2, 0.25) is 0 Å². The average molecular weight is 185 g/mol. The number of carbonyl (C=O) groups excluding carboxylic acids is 1. The summed E-state index contributed by atoms with van der Waals surface area (Å²) in [5.74, 6) is 0.606. The molecule has 0 aromatic rings. The van der Waals surface area contributed by atoms with Crippen LogP contribution in [0.4, 0.5) is 0 Å². The maximum atomic E-state index is 10.8. The number of hydrogen-bond acceptors (Lipinski definition) is 3. The molecule has 1 aliphatic carbocycles. The van der Waals surface area contributed by atoms with Crippen molar-refractivity contribution in [3.05, 3.63) is 0 Å². The second-order valence-electron chi connectivity index (χ2n) is 3.71. The maximum absolute atomic E-state index is 10.8. The van der Waals surface area contributed by atoms with Gasteiger partial charge in [-0.25, -0.2) is 0 Å². The van der Waals surface area contributed by atoms with Gasteiger partial charge < -0.3 is 10.1 Å². The van der Waals surface area contributed by atoms with Gasteiger partial charge in [-0.1, -0.05) is 19.3 Å². The minimum atomic E-state index is -0.171. The molecule has 76 valence electrons. The first-order valence-corrected chi connectivity index (χ1v) is 5.10. The van der Waals surface area contributed by atoms with Crippen LogP contribution < -0.4 is 5.32 Å². The highest BCUT2D eigenvalue weighted by atomic mass is 16.5. The van der Waals surface area contributed by atoms with Gasteiger partial charge in [0.05, 0.1) is 13.7 Å². The number of hydrogen-bond donors (Lipinski definition) is 1. The Balaban J connectivity index is 2.01. The van der Waals surface area contributed by atoms with Crippen LogP contribution in [-0.2, 0) is 9.53 Å². The monoisotopic (exact) mass is 185 g/mol. The largest absolute Gasteiger partial charge is 0.468 e. The Morgan fingerprint density at radius 2 is 2.08 bits per heavy atom. The van der Waals surface area contributed by atoms with Gasteiger partial charge in [0, 0.05) is 0 Å². The lowest BCUT2D eigenvalue weighted by Crippen LogP contribution is -2.29. The van der Waals surface area contributed by atoms with Gasteiger partial charge in [-0.05, 0) is 25.3 Å². The number of methoxy groups -OCH3 is 1. The molecule has 0 amide bonds. The van der Waals surface area contributed by atoms with Crippen molar-refractivity contribution in [3.8, 4) is 0 Å². The SMILES string of the molecule is COC(=O)CNCC1CCCCC1. The van der Waals surface area contributed by atoms with Crippen molar-refractivity contribution in [2.45, 2.75) is 32.1 Å². The average Bonchev–Trinajstić information content (AvgIpc) is 2.19. The molecule has 0 atom stereocenters. The molecule has 3 nitrogen and oxygen atoms in total. The van der Waals surface area contributed by atoms with E-state index in [9.17, 15) is 4.79 Å². The number of carbonyl (C=O) groups is 1. The standard InChI is InChI=1S/C10H19NO2/c1-13-10(12)8-11-7-9-5-3-2-4-6-9/h9,11H,2-8H2,1H3. The predicted molar refractivity (Wildman–Crippen MR) is 51.5 cm³/mol. The molecular formula is C10H19NO2. The lowest BCUT2D eigenvalue weighted by atomic mass is 9.89. The molecular weight excluding hydrogens is 166 g/mol. The van der Waals surface area contributed by atoms with Gasteiger partial charge in [0.15, 0.2) is 0 Å². The Bertz CT molecular complexity index is 153. The van der Waals surface area contributed by atoms with E-state index in [-0.39, 0.29) is 5.97 Å². The summed E-state index contributed by atoms with van der Waals surface area (Å²) < 4.78 is 4.54. The van der Waals surface area contributed by atoms with Crippen LogP contribution in [0.1, 0.15) is 32.1 Å². The van der Waals surface area contributed by atoms with Crippen molar-refractivity contribution in [2.24, 2.45) is 5.92 Å². The second kappa shape index (κ2) is 5.97. The van der Waals surface area contributed by atoms with Crippen LogP contribution in [0.15, 0.2) is 0 Å². The summed E-state index contributed by atoms with van der Waals surface area (Å²) in [6.07, 6.45) is 6.71. The highest BCUT2D eigenvalue weighted by molar-refractivity contribution is 5.71. The molecule has 1 rings (SSSR count). The zero-order valence-electron chi connectivity index (χ0n) is 8.34. The normalized spacial score (nSPS) is 18.5. The third-order valence-corrected chi connectivity index (χ3v) is 2.65. The Labute approximate surface area is 79.8 Å². The number of ether oxygens (including phenoxy) is 1. The van der Waals surface area contributed by atoms with Crippen LogP contribution in [-0.4, -0.2) is 26.2 Å². The fourth-order valence-corrected chi connectivity index (χ4v) is 1.84. The summed E-state index contributed by atoms with van der Waals surface area (Å²) in [7, 11) is 1.42. The van der Waals surface area contributed by atoms with Crippen LogP contribution in [0.25, 0.3) is 0 Å². The van der Waals surface area contributed by atoms with E-state index in [1.165, 1.54) is 39.2 Å². The van der Waals surface area contributed by atoms with Crippen LogP contribution in [0.3, 0.4) is 0 Å². The maximum Gasteiger partial charge on any atom is 0.319 e. The summed E-state index contributed by atoms with van der Waals surface area (Å²) in [5.41, 5.74) is 0. The fourth-order valence-electron chi connectivity index (χ4n) is 1.84. The molecule has 0 bridgehead atoms. The first-order valence-electron chi connectivity index (χ1n) is 5.10. The molecule has 1 aliphatic rings. The first-order chi connectivity index (χ1) is 6.33. The summed E-state index contributed by atoms with van der Waals surface area (Å²) in [6, 6.07) is 0. The van der Waals surface area contributed by atoms with Gasteiger partial charge in [0.25, 0.3) is 0 Å². The smallest absolute Gasteiger partial charge is 0.319 e. The third-order valence-electron chi connectivity index (χ3n) is 2.65. The molecule has 3 heteroatoms. The van der Waals surface area contributed by atoms with Crippen LogP contribution >= 0.6 is 0 Å². The molecule has 1 fully saturated rings. The molecule has 1 saturated carbocycles. The molecule has 0 aromatic heterocycles. The molecule has 0 saturated heterocycles. The molecule has 0 radical (unpaired) electrons. The minimum Gasteiger partial charge on any atom is -0.468 e. The van der Waals surface area contributed by atoms with E-state index in [2.05, 4.69) is 10.1 Å². The van der Waals surface area contributed by atoms with Gasteiger partial charge in [-0.15, -0.1) is 0 Å². The summed E-state index contributed by atoms with van der Waals surface area (Å²) in [4.78, 5) is 10.8. The summed E-state index contributed by atoms with van der Waals surface area (Å²) in [6.45, 7) is 1.32. The molecule has 0 spiro atoms. The van der Waals surface area contributed by atoms with E-state index in [4.69, 9.17) is 0 Å². The quantitative estimate of drug-likeness (QED) is 0.671. The minimum absolute atomic E-state index is 0.171. The fraction of sp³-hybridized carbons (Fsp3) is 0.900. The molecule has 0 unspecified atom stereocenters. The predicted octanol–water partition coefficient (Wildman–Crippen LogP) is 1.33. The van der Waals surface area contributed by atoms with Crippen molar-refractivity contribution in [1.29, 1.82) is 0 Å². The van der Waals surface area contributed by atoms with Crippen molar-refractivity contribution in [2.75, 3.05) is 20.2 Å². The van der Waals surface area contributed by atoms with Gasteiger partial charge in [-0.2, -0.15) is 0 Å². The van der Waals surface area contributed by atoms with Crippen molar-refractivity contribution < 1.29 is 9.53 Å². The van der Waals surface area contributed by atoms with E-state index in [0.717, 1.165) is 12.5 Å². The number of nitrogens with one attached hydrogen (secondary N) is 1. The van der Waals surface area contributed by atoms with Crippen LogP contribution in [0.5, 0.6) is 0 Å². The van der Waals surface area contributed by atoms with E-state index in [0.29, 0.717) is 6.54 Å². The Hall–Kier alpha value is -0.570. The zero-order chi connectivity index (χ0) is 9.52. The highest BCUT2D eigenvalue weighted by Gasteiger charge is 2.12. The van der Waals surface area contributed by atoms with E-state index < -0.39 is 0 Å². The third kappa shape index (κ3) is 4.27. The van der Waals surface area contributed by atoms with Crippen LogP contribution in [0, 0.1) is 5.92 Å². The summed E-state index contributed by atoms with van der Waals surface area (Å²) >= 11 is 0. The van der Waals surface area contributed by atoms with Gasteiger partial charge >= 0.3 is 5.97 Å². The highest BCUT2D eigenvalue weighted by Crippen LogP contribution is 2.22. The van der Waals surface area contributed by atoms with Crippen molar-refractivity contribution in [3.63, 3.8) is 0 Å². The lowest BCUT2D eigenvalue weighted by molar-refractivity contribution is -0.139. The van der Waals surface area contributed by atoms with Gasteiger partial charge in [0.2, 0.25) is 0 Å². The van der Waals surface area contributed by atoms with Gasteiger partial charge in [-0.3, -0.25) is 4.79 Å². The first kappa shape index (κ1) is 10.5. The van der Waals surface area contributed by atoms with Crippen molar-refractivity contribution in [1.82, 2.24) is 5.32 Å². The Morgan fingerprint density at radius 3 is 2.69 bits per heavy atom. The molecule has 0 aromatic carbocycles. The Kier molecular flexibility index (Phi) is 4.83. The van der Waals surface area contributed by atoms with Gasteiger partial charge in [0.1, 0.15) is 0 Å². The van der Waals surface area contributed by atoms with E-state index >= 15 is 0 Å². The second-order valence-corrected chi connectivity index (χ2v) is 3.71. The number of rotatable bonds is 4. The lowest BCUT2D eigenvalue weighted by Gasteiger charge is -2.21.